The summed E-state index contributed by atoms with van der Waals surface area (Å²) in [6, 6.07) is 7.95. The first-order valence-electron chi connectivity index (χ1n) is 5.53. The maximum absolute atomic E-state index is 8.83. The molecule has 1 aromatic rings. The Hall–Kier alpha value is -0.640. The van der Waals surface area contributed by atoms with Gasteiger partial charge in [0.05, 0.1) is 24.8 Å². The van der Waals surface area contributed by atoms with Crippen molar-refractivity contribution in [1.82, 2.24) is 0 Å². The molecule has 0 aromatic heterocycles. The van der Waals surface area contributed by atoms with E-state index in [4.69, 9.17) is 14.7 Å². The largest absolute Gasteiger partial charge is 0.382 e. The summed E-state index contributed by atoms with van der Waals surface area (Å²) in [5.74, 6) is 0. The first kappa shape index (κ1) is 14.4. The van der Waals surface area contributed by atoms with Gasteiger partial charge in [-0.05, 0) is 59.2 Å². The summed E-state index contributed by atoms with van der Waals surface area (Å²) in [6.07, 6.45) is 1.91. The van der Waals surface area contributed by atoms with Crippen LogP contribution in [0.3, 0.4) is 0 Å². The van der Waals surface area contributed by atoms with Crippen LogP contribution in [0, 0.1) is 14.9 Å². The molecule has 4 heteroatoms. The number of hydrogen-bond acceptors (Lipinski definition) is 3. The Balaban J connectivity index is 2.33. The van der Waals surface area contributed by atoms with Gasteiger partial charge in [0.2, 0.25) is 0 Å². The molecule has 1 rings (SSSR count). The highest BCUT2D eigenvalue weighted by Gasteiger charge is 2.01. The lowest BCUT2D eigenvalue weighted by atomic mass is 10.1. The molecule has 0 spiro atoms. The average molecular weight is 345 g/mol. The summed E-state index contributed by atoms with van der Waals surface area (Å²) in [5.41, 5.74) is 1.95. The van der Waals surface area contributed by atoms with E-state index in [1.807, 2.05) is 18.2 Å². The number of aryl methyl sites for hydroxylation is 1. The van der Waals surface area contributed by atoms with Crippen molar-refractivity contribution in [2.75, 3.05) is 26.9 Å². The first-order chi connectivity index (χ1) is 8.27. The molecule has 0 amide bonds. The summed E-state index contributed by atoms with van der Waals surface area (Å²) in [6.45, 7) is 2.02. The molecule has 0 bridgehead atoms. The van der Waals surface area contributed by atoms with E-state index in [1.165, 1.54) is 9.13 Å². The normalized spacial score (nSPS) is 10.2. The summed E-state index contributed by atoms with van der Waals surface area (Å²) in [7, 11) is 1.67. The second-order valence-corrected chi connectivity index (χ2v) is 4.79. The molecule has 3 nitrogen and oxygen atoms in total. The van der Waals surface area contributed by atoms with Gasteiger partial charge in [0.1, 0.15) is 0 Å². The van der Waals surface area contributed by atoms with Gasteiger partial charge in [-0.15, -0.1) is 0 Å². The number of nitriles is 1. The maximum Gasteiger partial charge on any atom is 0.0991 e. The van der Waals surface area contributed by atoms with Crippen LogP contribution in [0.25, 0.3) is 0 Å². The standard InChI is InChI=1S/C13H16INO2/c1-16-7-8-17-6-2-3-12-9-11(10-15)4-5-13(12)14/h4-5,9H,2-3,6-8H2,1H3. The van der Waals surface area contributed by atoms with Crippen LogP contribution >= 0.6 is 22.6 Å². The molecule has 0 unspecified atom stereocenters. The maximum atomic E-state index is 8.83. The summed E-state index contributed by atoms with van der Waals surface area (Å²) < 4.78 is 11.5. The van der Waals surface area contributed by atoms with Crippen molar-refractivity contribution < 1.29 is 9.47 Å². The molecule has 1 aromatic carbocycles. The van der Waals surface area contributed by atoms with Gasteiger partial charge in [0.25, 0.3) is 0 Å². The second-order valence-electron chi connectivity index (χ2n) is 3.63. The molecule has 0 heterocycles. The molecule has 0 saturated carbocycles. The molecule has 0 aliphatic heterocycles. The predicted octanol–water partition coefficient (Wildman–Crippen LogP) is 2.76. The molecular formula is C13H16INO2. The Bertz CT molecular complexity index is 387. The number of ether oxygens (including phenoxy) is 2. The third-order valence-corrected chi connectivity index (χ3v) is 3.39. The number of methoxy groups -OCH3 is 1. The van der Waals surface area contributed by atoms with Gasteiger partial charge in [-0.2, -0.15) is 5.26 Å². The third-order valence-electron chi connectivity index (χ3n) is 2.34. The van der Waals surface area contributed by atoms with Gasteiger partial charge in [0.15, 0.2) is 0 Å². The van der Waals surface area contributed by atoms with Crippen molar-refractivity contribution >= 4 is 22.6 Å². The van der Waals surface area contributed by atoms with Crippen LogP contribution in [-0.2, 0) is 15.9 Å². The topological polar surface area (TPSA) is 42.2 Å². The Labute approximate surface area is 116 Å². The van der Waals surface area contributed by atoms with Crippen molar-refractivity contribution in [2.24, 2.45) is 0 Å². The molecule has 0 fully saturated rings. The zero-order chi connectivity index (χ0) is 12.5. The number of halogens is 1. The van der Waals surface area contributed by atoms with E-state index in [2.05, 4.69) is 28.7 Å². The minimum Gasteiger partial charge on any atom is -0.382 e. The quantitative estimate of drug-likeness (QED) is 0.564. The monoisotopic (exact) mass is 345 g/mol. The minimum absolute atomic E-state index is 0.640. The van der Waals surface area contributed by atoms with E-state index < -0.39 is 0 Å². The molecule has 0 aliphatic rings. The Morgan fingerprint density at radius 1 is 1.29 bits per heavy atom. The molecule has 0 saturated heterocycles. The second kappa shape index (κ2) is 8.45. The van der Waals surface area contributed by atoms with Crippen molar-refractivity contribution in [3.8, 4) is 6.07 Å². The van der Waals surface area contributed by atoms with Crippen molar-refractivity contribution in [2.45, 2.75) is 12.8 Å². The van der Waals surface area contributed by atoms with Crippen LogP contribution in [-0.4, -0.2) is 26.9 Å². The molecule has 0 N–H and O–H groups in total. The zero-order valence-electron chi connectivity index (χ0n) is 9.91. The summed E-state index contributed by atoms with van der Waals surface area (Å²) >= 11 is 2.30. The van der Waals surface area contributed by atoms with Gasteiger partial charge in [-0.25, -0.2) is 0 Å². The van der Waals surface area contributed by atoms with Crippen LogP contribution in [0.15, 0.2) is 18.2 Å². The van der Waals surface area contributed by atoms with E-state index in [0.29, 0.717) is 13.2 Å². The lowest BCUT2D eigenvalue weighted by molar-refractivity contribution is 0.0695. The van der Waals surface area contributed by atoms with Gasteiger partial charge in [-0.1, -0.05) is 0 Å². The van der Waals surface area contributed by atoms with Crippen LogP contribution in [0.5, 0.6) is 0 Å². The highest BCUT2D eigenvalue weighted by molar-refractivity contribution is 14.1. The fourth-order valence-electron chi connectivity index (χ4n) is 1.44. The van der Waals surface area contributed by atoms with Gasteiger partial charge in [0, 0.05) is 17.3 Å². The number of rotatable bonds is 7. The third kappa shape index (κ3) is 5.48. The van der Waals surface area contributed by atoms with Gasteiger partial charge >= 0.3 is 0 Å². The number of nitrogens with zero attached hydrogens (tertiary/aromatic N) is 1. The van der Waals surface area contributed by atoms with Crippen LogP contribution < -0.4 is 0 Å². The van der Waals surface area contributed by atoms with E-state index in [-0.39, 0.29) is 0 Å². The predicted molar refractivity (Wildman–Crippen MR) is 74.9 cm³/mol. The zero-order valence-corrected chi connectivity index (χ0v) is 12.1. The molecule has 92 valence electrons. The first-order valence-corrected chi connectivity index (χ1v) is 6.61. The van der Waals surface area contributed by atoms with Crippen LogP contribution in [0.2, 0.25) is 0 Å². The molecule has 0 aliphatic carbocycles. The molecule has 0 atom stereocenters. The van der Waals surface area contributed by atoms with E-state index >= 15 is 0 Å². The SMILES string of the molecule is COCCOCCCc1cc(C#N)ccc1I. The molecule has 0 radical (unpaired) electrons. The number of hydrogen-bond donors (Lipinski definition) is 0. The average Bonchev–Trinajstić information content (AvgIpc) is 2.35. The summed E-state index contributed by atoms with van der Waals surface area (Å²) in [4.78, 5) is 0. The molecular weight excluding hydrogens is 329 g/mol. The highest BCUT2D eigenvalue weighted by atomic mass is 127. The number of benzene rings is 1. The summed E-state index contributed by atoms with van der Waals surface area (Å²) in [5, 5.41) is 8.83. The Kier molecular flexibility index (Phi) is 7.17. The van der Waals surface area contributed by atoms with E-state index in [9.17, 15) is 0 Å². The Morgan fingerprint density at radius 2 is 2.12 bits per heavy atom. The smallest absolute Gasteiger partial charge is 0.0991 e. The highest BCUT2D eigenvalue weighted by Crippen LogP contribution is 2.15. The molecule has 17 heavy (non-hydrogen) atoms. The van der Waals surface area contributed by atoms with E-state index in [1.54, 1.807) is 7.11 Å². The minimum atomic E-state index is 0.640. The van der Waals surface area contributed by atoms with Crippen molar-refractivity contribution in [1.29, 1.82) is 5.26 Å². The van der Waals surface area contributed by atoms with Crippen LogP contribution in [0.4, 0.5) is 0 Å². The van der Waals surface area contributed by atoms with Crippen molar-refractivity contribution in [3.63, 3.8) is 0 Å². The van der Waals surface area contributed by atoms with E-state index in [0.717, 1.165) is 25.0 Å². The lowest BCUT2D eigenvalue weighted by Crippen LogP contribution is -2.04. The van der Waals surface area contributed by atoms with Gasteiger partial charge < -0.3 is 9.47 Å². The fraction of sp³-hybridized carbons (Fsp3) is 0.462. The van der Waals surface area contributed by atoms with Crippen LogP contribution in [0.1, 0.15) is 17.5 Å². The Morgan fingerprint density at radius 3 is 2.82 bits per heavy atom. The van der Waals surface area contributed by atoms with Crippen molar-refractivity contribution in [3.05, 3.63) is 32.9 Å². The lowest BCUT2D eigenvalue weighted by Gasteiger charge is -2.06. The fourth-order valence-corrected chi connectivity index (χ4v) is 2.05. The van der Waals surface area contributed by atoms with Gasteiger partial charge in [-0.3, -0.25) is 0 Å².